The molecule has 1 aromatic heterocycles. The Kier molecular flexibility index (Phi) is 7.56. The van der Waals surface area contributed by atoms with Gasteiger partial charge in [0.1, 0.15) is 24.0 Å². The van der Waals surface area contributed by atoms with E-state index < -0.39 is 6.67 Å². The second-order valence-corrected chi connectivity index (χ2v) is 8.39. The van der Waals surface area contributed by atoms with Gasteiger partial charge in [-0.3, -0.25) is 4.79 Å². The molecule has 1 amide bonds. The van der Waals surface area contributed by atoms with Crippen molar-refractivity contribution < 1.29 is 19.0 Å². The molecule has 0 aliphatic heterocycles. The summed E-state index contributed by atoms with van der Waals surface area (Å²) in [5.41, 5.74) is 9.50. The lowest BCUT2D eigenvalue weighted by molar-refractivity contribution is 0.0951. The molecule has 0 fully saturated rings. The zero-order chi connectivity index (χ0) is 25.7. The van der Waals surface area contributed by atoms with Crippen LogP contribution in [-0.4, -0.2) is 23.1 Å². The average molecular weight is 507 g/mol. The smallest absolute Gasteiger partial charge is 0.255 e. The van der Waals surface area contributed by atoms with Gasteiger partial charge in [0.2, 0.25) is 0 Å². The van der Waals surface area contributed by atoms with Gasteiger partial charge in [0.15, 0.2) is 0 Å². The summed E-state index contributed by atoms with van der Waals surface area (Å²) in [4.78, 5) is 17.0. The maximum Gasteiger partial charge on any atom is 0.255 e. The number of hydrogen-bond donors (Lipinski definition) is 4. The molecule has 0 aliphatic rings. The molecule has 36 heavy (non-hydrogen) atoms. The molecule has 0 saturated carbocycles. The number of halogens is 2. The molecular weight excluding hydrogens is 483 g/mol. The van der Waals surface area contributed by atoms with Crippen molar-refractivity contribution in [2.45, 2.75) is 13.2 Å². The standard InChI is InChI=1S/C27H24ClFN4O3/c1-36-20-4-2-3-16(11-20)15-31-27(35)21-7-9-24(33-26(21)30)22-13-19(6-10-25(22)34)32-23-8-5-18(28)12-17(23)14-29/h2-13,32,34H,14-15H2,1H3,(H2,30,33)(H,31,35). The van der Waals surface area contributed by atoms with Crippen molar-refractivity contribution in [1.29, 1.82) is 0 Å². The van der Waals surface area contributed by atoms with Crippen LogP contribution in [0.2, 0.25) is 5.02 Å². The van der Waals surface area contributed by atoms with Gasteiger partial charge in [-0.25, -0.2) is 9.37 Å². The molecule has 0 aliphatic carbocycles. The van der Waals surface area contributed by atoms with E-state index in [0.717, 1.165) is 5.56 Å². The van der Waals surface area contributed by atoms with Crippen molar-refractivity contribution in [2.24, 2.45) is 0 Å². The predicted molar refractivity (Wildman–Crippen MR) is 139 cm³/mol. The van der Waals surface area contributed by atoms with E-state index in [0.29, 0.717) is 39.0 Å². The zero-order valence-corrected chi connectivity index (χ0v) is 20.1. The molecular formula is C27H24ClFN4O3. The number of methoxy groups -OCH3 is 1. The number of anilines is 3. The fourth-order valence-corrected chi connectivity index (χ4v) is 3.84. The summed E-state index contributed by atoms with van der Waals surface area (Å²) >= 11 is 5.96. The minimum Gasteiger partial charge on any atom is -0.507 e. The summed E-state index contributed by atoms with van der Waals surface area (Å²) in [6.07, 6.45) is 0. The number of ether oxygens (including phenoxy) is 1. The summed E-state index contributed by atoms with van der Waals surface area (Å²) in [6.45, 7) is -0.398. The number of aromatic nitrogens is 1. The van der Waals surface area contributed by atoms with Crippen LogP contribution in [0, 0.1) is 0 Å². The van der Waals surface area contributed by atoms with E-state index in [4.69, 9.17) is 22.1 Å². The van der Waals surface area contributed by atoms with Gasteiger partial charge >= 0.3 is 0 Å². The van der Waals surface area contributed by atoms with Crippen LogP contribution in [0.25, 0.3) is 11.3 Å². The van der Waals surface area contributed by atoms with Gasteiger partial charge in [0.05, 0.1) is 18.4 Å². The van der Waals surface area contributed by atoms with Gasteiger partial charge in [0, 0.05) is 34.1 Å². The monoisotopic (exact) mass is 506 g/mol. The summed E-state index contributed by atoms with van der Waals surface area (Å²) in [5.74, 6) is 0.312. The fourth-order valence-electron chi connectivity index (χ4n) is 3.65. The van der Waals surface area contributed by atoms with Gasteiger partial charge in [-0.15, -0.1) is 0 Å². The molecule has 3 aromatic carbocycles. The van der Waals surface area contributed by atoms with Crippen molar-refractivity contribution in [3.63, 3.8) is 0 Å². The van der Waals surface area contributed by atoms with E-state index in [1.165, 1.54) is 6.07 Å². The average Bonchev–Trinajstić information content (AvgIpc) is 2.89. The van der Waals surface area contributed by atoms with Gasteiger partial charge < -0.3 is 26.2 Å². The summed E-state index contributed by atoms with van der Waals surface area (Å²) in [6, 6.07) is 20.2. The van der Waals surface area contributed by atoms with Crippen LogP contribution in [0.1, 0.15) is 21.5 Å². The number of hydrogen-bond acceptors (Lipinski definition) is 6. The largest absolute Gasteiger partial charge is 0.507 e. The SMILES string of the molecule is COc1cccc(CNC(=O)c2ccc(-c3cc(Nc4ccc(Cl)cc4CF)ccc3O)nc2N)c1. The summed E-state index contributed by atoms with van der Waals surface area (Å²) < 4.78 is 18.6. The molecule has 0 saturated heterocycles. The van der Waals surface area contributed by atoms with Gasteiger partial charge in [-0.2, -0.15) is 0 Å². The molecule has 0 spiro atoms. The van der Waals surface area contributed by atoms with Crippen molar-refractivity contribution in [3.05, 3.63) is 94.5 Å². The number of aromatic hydroxyl groups is 1. The molecule has 0 atom stereocenters. The number of phenolic OH excluding ortho intramolecular Hbond substituents is 1. The molecule has 1 heterocycles. The molecule has 184 valence electrons. The van der Waals surface area contributed by atoms with E-state index in [-0.39, 0.29) is 29.6 Å². The van der Waals surface area contributed by atoms with Crippen LogP contribution in [0.5, 0.6) is 11.5 Å². The van der Waals surface area contributed by atoms with Crippen LogP contribution < -0.4 is 21.1 Å². The third-order valence-electron chi connectivity index (χ3n) is 5.52. The highest BCUT2D eigenvalue weighted by Gasteiger charge is 2.15. The number of rotatable bonds is 8. The Morgan fingerprint density at radius 1 is 1.11 bits per heavy atom. The first-order valence-corrected chi connectivity index (χ1v) is 11.4. The summed E-state index contributed by atoms with van der Waals surface area (Å²) in [5, 5.41) is 16.8. The molecule has 9 heteroatoms. The summed E-state index contributed by atoms with van der Waals surface area (Å²) in [7, 11) is 1.58. The first-order chi connectivity index (χ1) is 17.4. The Hall–Kier alpha value is -4.30. The number of nitrogens with two attached hydrogens (primary N) is 1. The number of carbonyl (C=O) groups is 1. The first-order valence-electron chi connectivity index (χ1n) is 11.0. The number of benzene rings is 3. The highest BCUT2D eigenvalue weighted by Crippen LogP contribution is 2.33. The second-order valence-electron chi connectivity index (χ2n) is 7.96. The highest BCUT2D eigenvalue weighted by atomic mass is 35.5. The molecule has 7 nitrogen and oxygen atoms in total. The van der Waals surface area contributed by atoms with Crippen LogP contribution in [0.15, 0.2) is 72.8 Å². The van der Waals surface area contributed by atoms with Gasteiger partial charge in [-0.05, 0) is 66.2 Å². The molecule has 0 bridgehead atoms. The quantitative estimate of drug-likeness (QED) is 0.223. The van der Waals surface area contributed by atoms with Crippen molar-refractivity contribution >= 4 is 34.7 Å². The predicted octanol–water partition coefficient (Wildman–Crippen LogP) is 5.84. The van der Waals surface area contributed by atoms with Crippen LogP contribution in [-0.2, 0) is 13.2 Å². The van der Waals surface area contributed by atoms with Crippen molar-refractivity contribution in [1.82, 2.24) is 10.3 Å². The lowest BCUT2D eigenvalue weighted by atomic mass is 10.1. The number of pyridine rings is 1. The van der Waals surface area contributed by atoms with E-state index in [9.17, 15) is 14.3 Å². The van der Waals surface area contributed by atoms with Crippen molar-refractivity contribution in [3.8, 4) is 22.8 Å². The highest BCUT2D eigenvalue weighted by molar-refractivity contribution is 6.30. The molecule has 0 radical (unpaired) electrons. The van der Waals surface area contributed by atoms with Gasteiger partial charge in [0.25, 0.3) is 5.91 Å². The Labute approximate surface area is 212 Å². The fraction of sp³-hybridized carbons (Fsp3) is 0.111. The second kappa shape index (κ2) is 11.0. The maximum atomic E-state index is 13.4. The van der Waals surface area contributed by atoms with Crippen LogP contribution >= 0.6 is 11.6 Å². The number of alkyl halides is 1. The Balaban J connectivity index is 1.53. The Morgan fingerprint density at radius 2 is 1.94 bits per heavy atom. The normalized spacial score (nSPS) is 10.6. The van der Waals surface area contributed by atoms with Gasteiger partial charge in [-0.1, -0.05) is 23.7 Å². The molecule has 4 rings (SSSR count). The molecule has 5 N–H and O–H groups in total. The number of nitrogens with one attached hydrogen (secondary N) is 2. The lowest BCUT2D eigenvalue weighted by Gasteiger charge is -2.13. The molecule has 4 aromatic rings. The first kappa shape index (κ1) is 24.8. The third-order valence-corrected chi connectivity index (χ3v) is 5.75. The van der Waals surface area contributed by atoms with Crippen LogP contribution in [0.4, 0.5) is 21.6 Å². The van der Waals surface area contributed by atoms with E-state index in [1.54, 1.807) is 49.6 Å². The lowest BCUT2D eigenvalue weighted by Crippen LogP contribution is -2.24. The van der Waals surface area contributed by atoms with E-state index in [2.05, 4.69) is 15.6 Å². The minimum absolute atomic E-state index is 0.0193. The topological polar surface area (TPSA) is 110 Å². The number of nitrogen functional groups attached to an aromatic ring is 1. The van der Waals surface area contributed by atoms with E-state index in [1.807, 2.05) is 24.3 Å². The Morgan fingerprint density at radius 3 is 2.69 bits per heavy atom. The minimum atomic E-state index is -0.687. The Bertz CT molecular complexity index is 1410. The number of amides is 1. The maximum absolute atomic E-state index is 13.4. The number of phenols is 1. The number of carbonyl (C=O) groups excluding carboxylic acids is 1. The third kappa shape index (κ3) is 5.67. The van der Waals surface area contributed by atoms with Crippen molar-refractivity contribution in [2.75, 3.05) is 18.2 Å². The van der Waals surface area contributed by atoms with Crippen LogP contribution in [0.3, 0.4) is 0 Å². The van der Waals surface area contributed by atoms with E-state index >= 15 is 0 Å². The zero-order valence-electron chi connectivity index (χ0n) is 19.4. The number of nitrogens with zero attached hydrogens (tertiary/aromatic N) is 1. The molecule has 0 unspecified atom stereocenters.